The Hall–Kier alpha value is -1.16. The molecule has 4 heteroatoms. The molecule has 0 radical (unpaired) electrons. The van der Waals surface area contributed by atoms with E-state index in [-0.39, 0.29) is 23.2 Å². The molecular formula is C20H30O4. The summed E-state index contributed by atoms with van der Waals surface area (Å²) >= 11 is 0. The van der Waals surface area contributed by atoms with E-state index in [0.29, 0.717) is 36.0 Å². The van der Waals surface area contributed by atoms with Crippen molar-refractivity contribution >= 4 is 11.8 Å². The van der Waals surface area contributed by atoms with E-state index in [2.05, 4.69) is 13.8 Å². The Kier molecular flexibility index (Phi) is 3.99. The van der Waals surface area contributed by atoms with Gasteiger partial charge in [0.1, 0.15) is 11.9 Å². The summed E-state index contributed by atoms with van der Waals surface area (Å²) < 4.78 is 5.70. The number of rotatable bonds is 2. The zero-order valence-corrected chi connectivity index (χ0v) is 15.6. The molecule has 4 aliphatic carbocycles. The highest BCUT2D eigenvalue weighted by Gasteiger charge is 2.73. The topological polar surface area (TPSA) is 63.6 Å². The van der Waals surface area contributed by atoms with E-state index in [0.717, 1.165) is 0 Å². The van der Waals surface area contributed by atoms with Crippen LogP contribution in [-0.2, 0) is 14.3 Å². The Morgan fingerprint density at radius 2 is 1.92 bits per heavy atom. The van der Waals surface area contributed by atoms with Crippen LogP contribution in [-0.4, -0.2) is 29.1 Å². The number of ketones is 1. The zero-order valence-electron chi connectivity index (χ0n) is 15.6. The van der Waals surface area contributed by atoms with Gasteiger partial charge in [0.05, 0.1) is 6.10 Å². The highest BCUT2D eigenvalue weighted by Crippen LogP contribution is 2.72. The fourth-order valence-electron chi connectivity index (χ4n) is 6.09. The summed E-state index contributed by atoms with van der Waals surface area (Å²) in [4.78, 5) is 24.9. The third-order valence-corrected chi connectivity index (χ3v) is 7.33. The molecule has 4 rings (SSSR count). The second-order valence-electron chi connectivity index (χ2n) is 9.07. The summed E-state index contributed by atoms with van der Waals surface area (Å²) in [7, 11) is 0. The molecule has 0 amide bonds. The van der Waals surface area contributed by atoms with Gasteiger partial charge in [-0.1, -0.05) is 33.8 Å². The lowest BCUT2D eigenvalue weighted by atomic mass is 9.35. The molecule has 0 heterocycles. The van der Waals surface area contributed by atoms with Crippen LogP contribution in [0.1, 0.15) is 54.4 Å². The number of hydrogen-bond acceptors (Lipinski definition) is 4. The lowest BCUT2D eigenvalue weighted by Gasteiger charge is -2.67. The number of ether oxygens (including phenoxy) is 1. The standard InChI is InChI=1S/C20H30O4/c1-7-10(2)18(23)24-13-9-20(6)14-11(3)8-12(21)15(20)16(14)19(4,5)17(13)22/h7,11,13-17,22H,8-9H2,1-6H3/b10-7+/t11-,13+,14+,15-,16+,17-,20-/m1/s1. The number of fused-ring (bicyclic) bond motifs is 3. The number of allylic oxidation sites excluding steroid dienone is 1. The minimum Gasteiger partial charge on any atom is -0.456 e. The van der Waals surface area contributed by atoms with E-state index in [1.54, 1.807) is 19.9 Å². The molecule has 0 aromatic rings. The summed E-state index contributed by atoms with van der Waals surface area (Å²) in [6, 6.07) is 0. The summed E-state index contributed by atoms with van der Waals surface area (Å²) in [5.74, 6) is 0.876. The average Bonchev–Trinajstić information content (AvgIpc) is 2.59. The van der Waals surface area contributed by atoms with Crippen LogP contribution in [0.2, 0.25) is 0 Å². The van der Waals surface area contributed by atoms with E-state index in [1.165, 1.54) is 0 Å². The first-order valence-corrected chi connectivity index (χ1v) is 9.10. The number of aliphatic hydroxyl groups excluding tert-OH is 1. The van der Waals surface area contributed by atoms with E-state index < -0.39 is 17.6 Å². The number of esters is 1. The van der Waals surface area contributed by atoms with Gasteiger partial charge in [-0.25, -0.2) is 4.79 Å². The van der Waals surface area contributed by atoms with Crippen molar-refractivity contribution in [3.05, 3.63) is 11.6 Å². The average molecular weight is 334 g/mol. The first-order valence-electron chi connectivity index (χ1n) is 9.10. The van der Waals surface area contributed by atoms with Gasteiger partial charge in [-0.3, -0.25) is 4.79 Å². The number of Topliss-reactive ketones (excluding diaryl/α,β-unsaturated/α-hetero) is 1. The summed E-state index contributed by atoms with van der Waals surface area (Å²) in [6.07, 6.45) is 1.64. The van der Waals surface area contributed by atoms with Gasteiger partial charge in [-0.15, -0.1) is 0 Å². The minimum absolute atomic E-state index is 0.00475. The maximum Gasteiger partial charge on any atom is 0.333 e. The molecular weight excluding hydrogens is 304 g/mol. The van der Waals surface area contributed by atoms with Crippen LogP contribution in [0.3, 0.4) is 0 Å². The van der Waals surface area contributed by atoms with Gasteiger partial charge in [-0.05, 0) is 48.9 Å². The molecule has 0 aromatic heterocycles. The molecule has 0 unspecified atom stereocenters. The quantitative estimate of drug-likeness (QED) is 0.622. The fraction of sp³-hybridized carbons (Fsp3) is 0.800. The van der Waals surface area contributed by atoms with Crippen LogP contribution >= 0.6 is 0 Å². The summed E-state index contributed by atoms with van der Waals surface area (Å²) in [6.45, 7) is 11.9. The molecule has 1 N–H and O–H groups in total. The molecule has 4 nitrogen and oxygen atoms in total. The largest absolute Gasteiger partial charge is 0.456 e. The zero-order chi connectivity index (χ0) is 18.0. The second-order valence-corrected chi connectivity index (χ2v) is 9.07. The molecule has 0 aliphatic heterocycles. The van der Waals surface area contributed by atoms with Crippen LogP contribution in [0.5, 0.6) is 0 Å². The van der Waals surface area contributed by atoms with Gasteiger partial charge < -0.3 is 9.84 Å². The van der Waals surface area contributed by atoms with Gasteiger partial charge in [0.2, 0.25) is 0 Å². The van der Waals surface area contributed by atoms with Crippen molar-refractivity contribution in [1.82, 2.24) is 0 Å². The maximum absolute atomic E-state index is 12.7. The maximum atomic E-state index is 12.7. The second kappa shape index (κ2) is 5.42. The third kappa shape index (κ3) is 2.15. The number of carbonyl (C=O) groups excluding carboxylic acids is 2. The summed E-state index contributed by atoms with van der Waals surface area (Å²) in [5.41, 5.74) is -0.0562. The van der Waals surface area contributed by atoms with Gasteiger partial charge >= 0.3 is 5.97 Å². The molecule has 4 bridgehead atoms. The Bertz CT molecular complexity index is 605. The Morgan fingerprint density at radius 1 is 1.29 bits per heavy atom. The molecule has 4 saturated carbocycles. The molecule has 4 aliphatic rings. The van der Waals surface area contributed by atoms with Crippen LogP contribution in [0.25, 0.3) is 0 Å². The van der Waals surface area contributed by atoms with Crippen LogP contribution in [0.15, 0.2) is 11.6 Å². The molecule has 0 aromatic carbocycles. The molecule has 7 atom stereocenters. The molecule has 0 saturated heterocycles. The normalized spacial score (nSPS) is 46.8. The molecule has 4 fully saturated rings. The first kappa shape index (κ1) is 17.7. The minimum atomic E-state index is -0.747. The number of carbonyl (C=O) groups is 2. The van der Waals surface area contributed by atoms with E-state index in [4.69, 9.17) is 4.74 Å². The third-order valence-electron chi connectivity index (χ3n) is 7.33. The number of aliphatic hydroxyl groups is 1. The van der Waals surface area contributed by atoms with Crippen LogP contribution < -0.4 is 0 Å². The molecule has 24 heavy (non-hydrogen) atoms. The highest BCUT2D eigenvalue weighted by molar-refractivity contribution is 5.88. The SMILES string of the molecule is C/C=C(\C)C(=O)O[C@H]1C[C@]2(C)[C@@H]3[C@@H]([C@H]2C(=O)C[C@H]3C)C(C)(C)[C@@H]1O. The first-order chi connectivity index (χ1) is 11.1. The summed E-state index contributed by atoms with van der Waals surface area (Å²) in [5, 5.41) is 11.0. The van der Waals surface area contributed by atoms with Gasteiger partial charge in [0, 0.05) is 17.9 Å². The van der Waals surface area contributed by atoms with Crippen molar-refractivity contribution in [2.45, 2.75) is 66.6 Å². The molecule has 134 valence electrons. The Labute approximate surface area is 144 Å². The smallest absolute Gasteiger partial charge is 0.333 e. The predicted molar refractivity (Wildman–Crippen MR) is 91.1 cm³/mol. The van der Waals surface area contributed by atoms with Crippen molar-refractivity contribution in [2.75, 3.05) is 0 Å². The van der Waals surface area contributed by atoms with E-state index in [1.807, 2.05) is 13.8 Å². The van der Waals surface area contributed by atoms with Crippen molar-refractivity contribution in [2.24, 2.45) is 34.5 Å². The Balaban J connectivity index is 1.97. The van der Waals surface area contributed by atoms with Gasteiger partial charge in [0.25, 0.3) is 0 Å². The van der Waals surface area contributed by atoms with Crippen molar-refractivity contribution < 1.29 is 19.4 Å². The van der Waals surface area contributed by atoms with Crippen molar-refractivity contribution in [3.8, 4) is 0 Å². The lowest BCUT2D eigenvalue weighted by molar-refractivity contribution is -0.210. The van der Waals surface area contributed by atoms with Gasteiger partial charge in [0.15, 0.2) is 0 Å². The van der Waals surface area contributed by atoms with E-state index >= 15 is 0 Å². The van der Waals surface area contributed by atoms with Crippen LogP contribution in [0, 0.1) is 34.5 Å². The van der Waals surface area contributed by atoms with Crippen molar-refractivity contribution in [3.63, 3.8) is 0 Å². The Morgan fingerprint density at radius 3 is 2.46 bits per heavy atom. The van der Waals surface area contributed by atoms with Crippen molar-refractivity contribution in [1.29, 1.82) is 0 Å². The van der Waals surface area contributed by atoms with Crippen LogP contribution in [0.4, 0.5) is 0 Å². The lowest BCUT2D eigenvalue weighted by Crippen LogP contribution is -2.67. The van der Waals surface area contributed by atoms with Gasteiger partial charge in [-0.2, -0.15) is 0 Å². The fourth-order valence-corrected chi connectivity index (χ4v) is 6.09. The predicted octanol–water partition coefficient (Wildman–Crippen LogP) is 3.13. The monoisotopic (exact) mass is 334 g/mol. The number of hydrogen-bond donors (Lipinski definition) is 1. The highest BCUT2D eigenvalue weighted by atomic mass is 16.6. The molecule has 0 spiro atoms. The van der Waals surface area contributed by atoms with E-state index in [9.17, 15) is 14.7 Å².